The standard InChI is InChI=1S/C14H23N3O3S.ClH/c1-14(2,3)17-21(19,20)12-7-4-6-11(10-12)16-13(18)8-5-9-15;/h4,6-7,10,17H,5,8-9,15H2,1-3H3,(H,16,18);1H. The van der Waals surface area contributed by atoms with Gasteiger partial charge in [0.2, 0.25) is 15.9 Å². The van der Waals surface area contributed by atoms with E-state index in [1.165, 1.54) is 12.1 Å². The van der Waals surface area contributed by atoms with Crippen LogP contribution in [0.25, 0.3) is 0 Å². The SMILES string of the molecule is CC(C)(C)NS(=O)(=O)c1cccc(NC(=O)CCCN)c1.Cl. The molecule has 0 aliphatic carbocycles. The number of sulfonamides is 1. The number of carbonyl (C=O) groups is 1. The van der Waals surface area contributed by atoms with Crippen LogP contribution in [-0.4, -0.2) is 26.4 Å². The van der Waals surface area contributed by atoms with E-state index in [0.29, 0.717) is 25.1 Å². The number of carbonyl (C=O) groups excluding carboxylic acids is 1. The first-order valence-electron chi connectivity index (χ1n) is 6.78. The highest BCUT2D eigenvalue weighted by atomic mass is 35.5. The maximum atomic E-state index is 12.2. The van der Waals surface area contributed by atoms with Gasteiger partial charge in [0.25, 0.3) is 0 Å². The van der Waals surface area contributed by atoms with Crippen molar-refractivity contribution in [1.82, 2.24) is 4.72 Å². The minimum absolute atomic E-state index is 0. The average Bonchev–Trinajstić information content (AvgIpc) is 2.34. The molecule has 0 unspecified atom stereocenters. The molecule has 1 aromatic rings. The fourth-order valence-electron chi connectivity index (χ4n) is 1.69. The van der Waals surface area contributed by atoms with E-state index >= 15 is 0 Å². The molecule has 0 atom stereocenters. The molecule has 1 amide bonds. The summed E-state index contributed by atoms with van der Waals surface area (Å²) in [6.45, 7) is 5.74. The van der Waals surface area contributed by atoms with Crippen molar-refractivity contribution in [1.29, 1.82) is 0 Å². The summed E-state index contributed by atoms with van der Waals surface area (Å²) < 4.78 is 27.0. The monoisotopic (exact) mass is 349 g/mol. The summed E-state index contributed by atoms with van der Waals surface area (Å²) in [4.78, 5) is 11.7. The van der Waals surface area contributed by atoms with E-state index in [1.807, 2.05) is 0 Å². The van der Waals surface area contributed by atoms with Gasteiger partial charge in [-0.2, -0.15) is 0 Å². The van der Waals surface area contributed by atoms with Crippen LogP contribution in [0, 0.1) is 0 Å². The van der Waals surface area contributed by atoms with Crippen molar-refractivity contribution in [2.45, 2.75) is 44.0 Å². The molecule has 0 fully saturated rings. The molecule has 6 nitrogen and oxygen atoms in total. The van der Waals surface area contributed by atoms with Gasteiger partial charge in [0, 0.05) is 17.6 Å². The average molecular weight is 350 g/mol. The molecule has 126 valence electrons. The van der Waals surface area contributed by atoms with E-state index in [9.17, 15) is 13.2 Å². The first-order chi connectivity index (χ1) is 9.64. The van der Waals surface area contributed by atoms with Crippen LogP contribution in [-0.2, 0) is 14.8 Å². The molecule has 0 aliphatic heterocycles. The molecule has 0 spiro atoms. The molecule has 0 aliphatic rings. The van der Waals surface area contributed by atoms with Gasteiger partial charge in [0.05, 0.1) is 4.90 Å². The molecule has 4 N–H and O–H groups in total. The van der Waals surface area contributed by atoms with Gasteiger partial charge >= 0.3 is 0 Å². The third-order valence-electron chi connectivity index (χ3n) is 2.48. The maximum Gasteiger partial charge on any atom is 0.241 e. The Morgan fingerprint density at radius 2 is 1.91 bits per heavy atom. The van der Waals surface area contributed by atoms with Crippen molar-refractivity contribution in [2.24, 2.45) is 5.73 Å². The lowest BCUT2D eigenvalue weighted by Gasteiger charge is -2.20. The molecular weight excluding hydrogens is 326 g/mol. The first kappa shape index (κ1) is 20.9. The second-order valence-electron chi connectivity index (χ2n) is 5.82. The Morgan fingerprint density at radius 3 is 2.45 bits per heavy atom. The summed E-state index contributed by atoms with van der Waals surface area (Å²) in [7, 11) is -3.61. The topological polar surface area (TPSA) is 101 Å². The van der Waals surface area contributed by atoms with Gasteiger partial charge in [0.1, 0.15) is 0 Å². The number of rotatable bonds is 6. The molecule has 1 aromatic carbocycles. The Morgan fingerprint density at radius 1 is 1.27 bits per heavy atom. The van der Waals surface area contributed by atoms with Crippen LogP contribution in [0.2, 0.25) is 0 Å². The molecule has 22 heavy (non-hydrogen) atoms. The predicted octanol–water partition coefficient (Wildman–Crippen LogP) is 1.86. The van der Waals surface area contributed by atoms with E-state index in [4.69, 9.17) is 5.73 Å². The lowest BCUT2D eigenvalue weighted by Crippen LogP contribution is -2.40. The van der Waals surface area contributed by atoms with E-state index in [0.717, 1.165) is 0 Å². The van der Waals surface area contributed by atoms with E-state index in [-0.39, 0.29) is 23.2 Å². The number of nitrogens with one attached hydrogen (secondary N) is 2. The lowest BCUT2D eigenvalue weighted by atomic mass is 10.1. The van der Waals surface area contributed by atoms with Crippen LogP contribution >= 0.6 is 12.4 Å². The van der Waals surface area contributed by atoms with Crippen molar-refractivity contribution in [3.63, 3.8) is 0 Å². The molecule has 0 saturated heterocycles. The van der Waals surface area contributed by atoms with Crippen LogP contribution < -0.4 is 15.8 Å². The van der Waals surface area contributed by atoms with Crippen LogP contribution in [0.5, 0.6) is 0 Å². The highest BCUT2D eigenvalue weighted by molar-refractivity contribution is 7.89. The normalized spacial score (nSPS) is 11.6. The van der Waals surface area contributed by atoms with Crippen LogP contribution in [0.15, 0.2) is 29.2 Å². The number of nitrogens with two attached hydrogens (primary N) is 1. The van der Waals surface area contributed by atoms with Crippen LogP contribution in [0.3, 0.4) is 0 Å². The minimum Gasteiger partial charge on any atom is -0.330 e. The summed E-state index contributed by atoms with van der Waals surface area (Å²) in [5.74, 6) is -0.182. The quantitative estimate of drug-likeness (QED) is 0.729. The molecule has 0 aromatic heterocycles. The Labute approximate surface area is 138 Å². The van der Waals surface area contributed by atoms with Gasteiger partial charge in [-0.3, -0.25) is 4.79 Å². The second-order valence-corrected chi connectivity index (χ2v) is 7.51. The molecule has 0 radical (unpaired) electrons. The van der Waals surface area contributed by atoms with E-state index in [1.54, 1.807) is 32.9 Å². The predicted molar refractivity (Wildman–Crippen MR) is 90.7 cm³/mol. The maximum absolute atomic E-state index is 12.2. The number of benzene rings is 1. The van der Waals surface area contributed by atoms with Crippen LogP contribution in [0.4, 0.5) is 5.69 Å². The van der Waals surface area contributed by atoms with Crippen molar-refractivity contribution < 1.29 is 13.2 Å². The van der Waals surface area contributed by atoms with Gasteiger partial charge < -0.3 is 11.1 Å². The Hall–Kier alpha value is -1.15. The molecule has 0 bridgehead atoms. The Balaban J connectivity index is 0.00000441. The molecular formula is C14H24ClN3O3S. The number of halogens is 1. The van der Waals surface area contributed by atoms with E-state index < -0.39 is 15.6 Å². The zero-order valence-electron chi connectivity index (χ0n) is 13.0. The van der Waals surface area contributed by atoms with Gasteiger partial charge in [-0.05, 0) is 51.9 Å². The summed E-state index contributed by atoms with van der Waals surface area (Å²) in [6.07, 6.45) is 0.906. The fraction of sp³-hybridized carbons (Fsp3) is 0.500. The molecule has 8 heteroatoms. The van der Waals surface area contributed by atoms with Crippen molar-refractivity contribution in [3.05, 3.63) is 24.3 Å². The van der Waals surface area contributed by atoms with Gasteiger partial charge in [-0.1, -0.05) is 6.07 Å². The van der Waals surface area contributed by atoms with Crippen molar-refractivity contribution >= 4 is 34.0 Å². The summed E-state index contributed by atoms with van der Waals surface area (Å²) in [5, 5.41) is 2.67. The molecule has 0 saturated carbocycles. The molecule has 1 rings (SSSR count). The minimum atomic E-state index is -3.61. The lowest BCUT2D eigenvalue weighted by molar-refractivity contribution is -0.116. The Kier molecular flexibility index (Phi) is 8.03. The second kappa shape index (κ2) is 8.47. The number of anilines is 1. The highest BCUT2D eigenvalue weighted by Gasteiger charge is 2.22. The van der Waals surface area contributed by atoms with Gasteiger partial charge in [-0.15, -0.1) is 12.4 Å². The van der Waals surface area contributed by atoms with Gasteiger partial charge in [-0.25, -0.2) is 13.1 Å². The van der Waals surface area contributed by atoms with E-state index in [2.05, 4.69) is 10.0 Å². The Bertz CT molecular complexity index is 598. The van der Waals surface area contributed by atoms with Crippen LogP contribution in [0.1, 0.15) is 33.6 Å². The highest BCUT2D eigenvalue weighted by Crippen LogP contribution is 2.17. The largest absolute Gasteiger partial charge is 0.330 e. The van der Waals surface area contributed by atoms with Crippen molar-refractivity contribution in [2.75, 3.05) is 11.9 Å². The summed E-state index contributed by atoms with van der Waals surface area (Å²) in [5.41, 5.74) is 5.22. The molecule has 0 heterocycles. The van der Waals surface area contributed by atoms with Gasteiger partial charge in [0.15, 0.2) is 0 Å². The fourth-order valence-corrected chi connectivity index (χ4v) is 3.15. The van der Waals surface area contributed by atoms with Crippen molar-refractivity contribution in [3.8, 4) is 0 Å². The third-order valence-corrected chi connectivity index (χ3v) is 4.23. The zero-order valence-corrected chi connectivity index (χ0v) is 14.7. The summed E-state index contributed by atoms with van der Waals surface area (Å²) >= 11 is 0. The number of hydrogen-bond donors (Lipinski definition) is 3. The third kappa shape index (κ3) is 7.22. The first-order valence-corrected chi connectivity index (χ1v) is 8.26. The number of amides is 1. The number of hydrogen-bond acceptors (Lipinski definition) is 4. The zero-order chi connectivity index (χ0) is 16.1. The smallest absolute Gasteiger partial charge is 0.241 e. The summed E-state index contributed by atoms with van der Waals surface area (Å²) in [6, 6.07) is 6.17.